The smallest absolute Gasteiger partial charge is 0.321 e. The van der Waals surface area contributed by atoms with Crippen molar-refractivity contribution in [1.82, 2.24) is 5.32 Å². The highest BCUT2D eigenvalue weighted by Gasteiger charge is 2.21. The first-order valence-corrected chi connectivity index (χ1v) is 7.75. The van der Waals surface area contributed by atoms with E-state index in [1.54, 1.807) is 43.5 Å². The Labute approximate surface area is 145 Å². The number of rotatable bonds is 8. The molecule has 0 amide bonds. The van der Waals surface area contributed by atoms with Crippen LogP contribution in [0.25, 0.3) is 0 Å². The first kappa shape index (κ1) is 18.0. The van der Waals surface area contributed by atoms with E-state index in [4.69, 9.17) is 16.3 Å². The minimum Gasteiger partial charge on any atom is -0.497 e. The van der Waals surface area contributed by atoms with Crippen LogP contribution in [0.15, 0.2) is 48.5 Å². The molecule has 0 radical (unpaired) electrons. The minimum atomic E-state index is -1.06. The number of carboxylic acid groups (broad SMARTS) is 1. The lowest BCUT2D eigenvalue weighted by molar-refractivity contribution is -0.139. The maximum atomic E-state index is 12.2. The summed E-state index contributed by atoms with van der Waals surface area (Å²) in [5.41, 5.74) is 1.35. The number of ether oxygens (including phenoxy) is 1. The molecule has 2 rings (SSSR count). The Balaban J connectivity index is 1.97. The first-order valence-electron chi connectivity index (χ1n) is 7.37. The lowest BCUT2D eigenvalue weighted by Gasteiger charge is -2.14. The van der Waals surface area contributed by atoms with Crippen LogP contribution in [0.1, 0.15) is 22.3 Å². The Morgan fingerprint density at radius 3 is 2.29 bits per heavy atom. The number of halogens is 1. The highest BCUT2D eigenvalue weighted by molar-refractivity contribution is 6.30. The lowest BCUT2D eigenvalue weighted by atomic mass is 10.0. The number of Topliss-reactive ketones (excluding diaryl/α,β-unsaturated/α-hetero) is 1. The van der Waals surface area contributed by atoms with Gasteiger partial charge in [-0.15, -0.1) is 0 Å². The van der Waals surface area contributed by atoms with E-state index in [1.807, 2.05) is 12.1 Å². The van der Waals surface area contributed by atoms with Gasteiger partial charge in [0.1, 0.15) is 11.8 Å². The number of aliphatic carboxylic acids is 1. The molecule has 0 aliphatic carbocycles. The second-order valence-corrected chi connectivity index (χ2v) is 5.69. The summed E-state index contributed by atoms with van der Waals surface area (Å²) in [4.78, 5) is 23.6. The number of carboxylic acids is 1. The molecule has 0 bridgehead atoms. The van der Waals surface area contributed by atoms with Gasteiger partial charge in [-0.3, -0.25) is 14.9 Å². The van der Waals surface area contributed by atoms with Crippen molar-refractivity contribution in [3.63, 3.8) is 0 Å². The topological polar surface area (TPSA) is 75.6 Å². The summed E-state index contributed by atoms with van der Waals surface area (Å²) in [6, 6.07) is 12.7. The van der Waals surface area contributed by atoms with Crippen molar-refractivity contribution in [3.05, 3.63) is 64.7 Å². The summed E-state index contributed by atoms with van der Waals surface area (Å²) < 4.78 is 5.07. The van der Waals surface area contributed by atoms with Gasteiger partial charge in [0, 0.05) is 23.6 Å². The van der Waals surface area contributed by atoms with Gasteiger partial charge in [0.05, 0.1) is 7.11 Å². The van der Waals surface area contributed by atoms with Crippen LogP contribution in [0.2, 0.25) is 5.02 Å². The van der Waals surface area contributed by atoms with Gasteiger partial charge in [-0.25, -0.2) is 0 Å². The van der Waals surface area contributed by atoms with Crippen molar-refractivity contribution in [2.45, 2.75) is 19.0 Å². The molecule has 24 heavy (non-hydrogen) atoms. The van der Waals surface area contributed by atoms with Crippen LogP contribution < -0.4 is 10.1 Å². The van der Waals surface area contributed by atoms with Gasteiger partial charge < -0.3 is 9.84 Å². The fourth-order valence-corrected chi connectivity index (χ4v) is 2.30. The van der Waals surface area contributed by atoms with E-state index in [2.05, 4.69) is 5.32 Å². The normalized spacial score (nSPS) is 11.8. The van der Waals surface area contributed by atoms with E-state index in [0.29, 0.717) is 17.1 Å². The van der Waals surface area contributed by atoms with Gasteiger partial charge in [-0.05, 0) is 42.0 Å². The molecule has 0 fully saturated rings. The summed E-state index contributed by atoms with van der Waals surface area (Å²) >= 11 is 5.79. The van der Waals surface area contributed by atoms with Gasteiger partial charge in [-0.2, -0.15) is 0 Å². The maximum absolute atomic E-state index is 12.2. The number of methoxy groups -OCH3 is 1. The maximum Gasteiger partial charge on any atom is 0.321 e. The molecule has 2 N–H and O–H groups in total. The van der Waals surface area contributed by atoms with Crippen LogP contribution in [0.3, 0.4) is 0 Å². The zero-order chi connectivity index (χ0) is 17.5. The molecular formula is C18H18ClNO4. The third-order valence-corrected chi connectivity index (χ3v) is 3.82. The van der Waals surface area contributed by atoms with Crippen molar-refractivity contribution >= 4 is 23.4 Å². The monoisotopic (exact) mass is 347 g/mol. The van der Waals surface area contributed by atoms with E-state index >= 15 is 0 Å². The standard InChI is InChI=1S/C18H18ClNO4/c1-24-15-8-2-12(3-9-15)11-20-16(18(22)23)10-17(21)13-4-6-14(19)7-5-13/h2-9,16,20H,10-11H2,1H3,(H,22,23)/t16-/m1/s1. The molecule has 0 saturated carbocycles. The van der Waals surface area contributed by atoms with Gasteiger partial charge in [0.25, 0.3) is 0 Å². The number of nitrogens with one attached hydrogen (secondary N) is 1. The highest BCUT2D eigenvalue weighted by atomic mass is 35.5. The van der Waals surface area contributed by atoms with E-state index in [0.717, 1.165) is 11.3 Å². The number of hydrogen-bond donors (Lipinski definition) is 2. The number of hydrogen-bond acceptors (Lipinski definition) is 4. The molecule has 1 atom stereocenters. The predicted molar refractivity (Wildman–Crippen MR) is 91.7 cm³/mol. The number of benzene rings is 2. The molecule has 6 heteroatoms. The molecule has 0 saturated heterocycles. The molecule has 0 unspecified atom stereocenters. The van der Waals surface area contributed by atoms with Crippen molar-refractivity contribution in [2.24, 2.45) is 0 Å². The fourth-order valence-electron chi connectivity index (χ4n) is 2.17. The molecular weight excluding hydrogens is 330 g/mol. The van der Waals surface area contributed by atoms with Gasteiger partial charge in [0.15, 0.2) is 5.78 Å². The van der Waals surface area contributed by atoms with E-state index in [-0.39, 0.29) is 12.2 Å². The van der Waals surface area contributed by atoms with Crippen LogP contribution in [-0.4, -0.2) is 30.0 Å². The zero-order valence-corrected chi connectivity index (χ0v) is 13.9. The summed E-state index contributed by atoms with van der Waals surface area (Å²) in [5, 5.41) is 12.7. The van der Waals surface area contributed by atoms with Crippen LogP contribution >= 0.6 is 11.6 Å². The second kappa shape index (κ2) is 8.47. The first-order chi connectivity index (χ1) is 11.5. The van der Waals surface area contributed by atoms with Gasteiger partial charge in [-0.1, -0.05) is 23.7 Å². The Bertz CT molecular complexity index is 698. The van der Waals surface area contributed by atoms with Crippen molar-refractivity contribution in [2.75, 3.05) is 7.11 Å². The second-order valence-electron chi connectivity index (χ2n) is 5.25. The molecule has 0 aromatic heterocycles. The van der Waals surface area contributed by atoms with Crippen molar-refractivity contribution in [3.8, 4) is 5.75 Å². The Hall–Kier alpha value is -2.37. The number of ketones is 1. The number of carbonyl (C=O) groups is 2. The minimum absolute atomic E-state index is 0.132. The average Bonchev–Trinajstić information content (AvgIpc) is 2.59. The third kappa shape index (κ3) is 5.08. The number of carbonyl (C=O) groups excluding carboxylic acids is 1. The molecule has 2 aromatic rings. The molecule has 5 nitrogen and oxygen atoms in total. The lowest BCUT2D eigenvalue weighted by Crippen LogP contribution is -2.38. The Morgan fingerprint density at radius 1 is 1.12 bits per heavy atom. The van der Waals surface area contributed by atoms with Crippen molar-refractivity contribution < 1.29 is 19.4 Å². The molecule has 0 aliphatic heterocycles. The fraction of sp³-hybridized carbons (Fsp3) is 0.222. The van der Waals surface area contributed by atoms with E-state index < -0.39 is 12.0 Å². The SMILES string of the molecule is COc1ccc(CN[C@H](CC(=O)c2ccc(Cl)cc2)C(=O)O)cc1. The van der Waals surface area contributed by atoms with Crippen molar-refractivity contribution in [1.29, 1.82) is 0 Å². The summed E-state index contributed by atoms with van der Waals surface area (Å²) in [6.45, 7) is 0.342. The van der Waals surface area contributed by atoms with Gasteiger partial charge >= 0.3 is 5.97 Å². The molecule has 126 valence electrons. The van der Waals surface area contributed by atoms with Gasteiger partial charge in [0.2, 0.25) is 0 Å². The highest BCUT2D eigenvalue weighted by Crippen LogP contribution is 2.13. The molecule has 0 aliphatic rings. The largest absolute Gasteiger partial charge is 0.497 e. The van der Waals surface area contributed by atoms with E-state index in [9.17, 15) is 14.7 Å². The van der Waals surface area contributed by atoms with Crippen LogP contribution in [0.5, 0.6) is 5.75 Å². The summed E-state index contributed by atoms with van der Waals surface area (Å²) in [7, 11) is 1.58. The Morgan fingerprint density at radius 2 is 1.75 bits per heavy atom. The zero-order valence-electron chi connectivity index (χ0n) is 13.2. The summed E-state index contributed by atoms with van der Waals surface area (Å²) in [6.07, 6.45) is -0.132. The molecule has 0 spiro atoms. The Kier molecular flexibility index (Phi) is 6.35. The predicted octanol–water partition coefficient (Wildman–Crippen LogP) is 3.16. The van der Waals surface area contributed by atoms with E-state index in [1.165, 1.54) is 0 Å². The third-order valence-electron chi connectivity index (χ3n) is 3.57. The molecule has 2 aromatic carbocycles. The molecule has 0 heterocycles. The average molecular weight is 348 g/mol. The quantitative estimate of drug-likeness (QED) is 0.717. The summed E-state index contributed by atoms with van der Waals surface area (Å²) in [5.74, 6) is -0.585. The van der Waals surface area contributed by atoms with Crippen LogP contribution in [0, 0.1) is 0 Å². The van der Waals surface area contributed by atoms with Crippen LogP contribution in [0.4, 0.5) is 0 Å². The van der Waals surface area contributed by atoms with Crippen LogP contribution in [-0.2, 0) is 11.3 Å².